The van der Waals surface area contributed by atoms with Gasteiger partial charge in [-0.1, -0.05) is 120 Å². The van der Waals surface area contributed by atoms with Crippen LogP contribution in [-0.4, -0.2) is 43.0 Å². The van der Waals surface area contributed by atoms with Crippen molar-refractivity contribution in [3.63, 3.8) is 0 Å². The first-order valence-corrected chi connectivity index (χ1v) is 14.1. The van der Waals surface area contributed by atoms with Gasteiger partial charge in [0.25, 0.3) is 0 Å². The summed E-state index contributed by atoms with van der Waals surface area (Å²) in [7, 11) is 15.2. The third kappa shape index (κ3) is 39.8. The van der Waals surface area contributed by atoms with Gasteiger partial charge < -0.3 is 12.6 Å². The maximum absolute atomic E-state index is 5.82. The van der Waals surface area contributed by atoms with Crippen molar-refractivity contribution in [3.05, 3.63) is 12.6 Å². The molecule has 0 aliphatic heterocycles. The molecule has 0 aliphatic carbocycles. The smallest absolute Gasteiger partial charge is 0.112 e. The number of rotatable bonds is 16. The standard InChI is InChI=1S/C12H26B.C10H22B2.C5H10B3.3Y/c1-6-10(3)8-11(4)9-12(5)13-7-2;1-8(2)6-9(3)7-10(4)12(5)11;1-3-5-8(4-2)7-6;;;/h10-12H,6-9H2,1-5H3;8-10H,6-7H2,1-5H3;4-5H,3H2,1-2H3;;;/q;;-2;;;. The first kappa shape index (κ1) is 52.4. The Labute approximate surface area is 312 Å². The van der Waals surface area contributed by atoms with Crippen LogP contribution in [0.1, 0.15) is 115 Å². The van der Waals surface area contributed by atoms with Crippen molar-refractivity contribution in [2.75, 3.05) is 0 Å². The van der Waals surface area contributed by atoms with Gasteiger partial charge in [-0.25, -0.2) is 0 Å². The fourth-order valence-electron chi connectivity index (χ4n) is 4.43. The van der Waals surface area contributed by atoms with Gasteiger partial charge in [-0.15, -0.1) is 0 Å². The van der Waals surface area contributed by atoms with Crippen LogP contribution in [0.3, 0.4) is 0 Å². The minimum atomic E-state index is 0. The van der Waals surface area contributed by atoms with E-state index in [1.54, 1.807) is 7.06 Å². The Morgan fingerprint density at radius 2 is 1.28 bits per heavy atom. The fraction of sp³-hybridized carbons (Fsp3) is 0.926. The molecule has 0 rings (SSSR count). The molecule has 0 amide bonds. The summed E-state index contributed by atoms with van der Waals surface area (Å²) in [5.74, 6) is 4.92. The molecular formula is C27H58B6Y3-2. The van der Waals surface area contributed by atoms with E-state index < -0.39 is 0 Å². The van der Waals surface area contributed by atoms with E-state index in [0.717, 1.165) is 35.9 Å². The van der Waals surface area contributed by atoms with Crippen LogP contribution in [0.5, 0.6) is 0 Å². The topological polar surface area (TPSA) is 0 Å². The zero-order valence-electron chi connectivity index (χ0n) is 26.8. The Kier molecular flexibility index (Phi) is 53.4. The van der Waals surface area contributed by atoms with E-state index in [1.165, 1.54) is 38.4 Å². The van der Waals surface area contributed by atoms with E-state index in [0.29, 0.717) is 19.0 Å². The molecule has 0 spiro atoms. The Morgan fingerprint density at radius 1 is 0.778 bits per heavy atom. The summed E-state index contributed by atoms with van der Waals surface area (Å²) in [6.45, 7) is 27.8. The molecule has 5 unspecified atom stereocenters. The molecule has 195 valence electrons. The van der Waals surface area contributed by atoms with Gasteiger partial charge in [-0.2, -0.15) is 13.3 Å². The molecule has 0 aliphatic rings. The molecule has 0 saturated heterocycles. The summed E-state index contributed by atoms with van der Waals surface area (Å²) >= 11 is 0. The number of hydrogen-bond acceptors (Lipinski definition) is 0. The Bertz CT molecular complexity index is 389. The normalized spacial score (nSPS) is 13.8. The van der Waals surface area contributed by atoms with Crippen LogP contribution in [0.25, 0.3) is 0 Å². The van der Waals surface area contributed by atoms with Crippen LogP contribution < -0.4 is 0 Å². The second kappa shape index (κ2) is 36.7. The maximum atomic E-state index is 5.82. The SMILES string of the molecule is CC[B]C(C)CC(C)CC(C)CC.[B]B(C)C(C)CC(C)CC(C)C.[B][B]B([CH-]C)[CH-]CC.[Y].[Y].[Y]. The summed E-state index contributed by atoms with van der Waals surface area (Å²) < 4.78 is 0. The number of hydrogen-bond donors (Lipinski definition) is 0. The van der Waals surface area contributed by atoms with Crippen molar-refractivity contribution in [2.45, 2.75) is 139 Å². The van der Waals surface area contributed by atoms with Crippen molar-refractivity contribution in [2.24, 2.45) is 23.7 Å². The molecule has 36 heavy (non-hydrogen) atoms. The van der Waals surface area contributed by atoms with Crippen LogP contribution in [-0.2, 0) is 98.1 Å². The van der Waals surface area contributed by atoms with Gasteiger partial charge in [-0.3, -0.25) is 6.60 Å². The minimum absolute atomic E-state index is 0. The summed E-state index contributed by atoms with van der Waals surface area (Å²) in [6.07, 6.45) is 13.3. The van der Waals surface area contributed by atoms with Gasteiger partial charge in [0.2, 0.25) is 0 Å². The van der Waals surface area contributed by atoms with Crippen LogP contribution in [0.15, 0.2) is 0 Å². The molecule has 0 saturated carbocycles. The summed E-state index contributed by atoms with van der Waals surface area (Å²) in [6, 6.07) is 0. The monoisotopic (exact) mass is 715 g/mol. The first-order valence-electron chi connectivity index (χ1n) is 14.1. The molecule has 5 atom stereocenters. The maximum Gasteiger partial charge on any atom is 0.112 e. The molecule has 0 aromatic carbocycles. The molecule has 0 aromatic rings. The minimum Gasteiger partial charge on any atom is -0.387 e. The van der Waals surface area contributed by atoms with Gasteiger partial charge in [0.1, 0.15) is 7.28 Å². The molecule has 9 radical (unpaired) electrons. The van der Waals surface area contributed by atoms with Gasteiger partial charge in [0.05, 0.1) is 6.60 Å². The van der Waals surface area contributed by atoms with Crippen molar-refractivity contribution < 1.29 is 98.1 Å². The average Bonchev–Trinajstić information content (AvgIpc) is 2.72. The fourth-order valence-corrected chi connectivity index (χ4v) is 4.43. The zero-order chi connectivity index (χ0) is 26.4. The van der Waals surface area contributed by atoms with Gasteiger partial charge in [0.15, 0.2) is 0 Å². The van der Waals surface area contributed by atoms with E-state index >= 15 is 0 Å². The van der Waals surface area contributed by atoms with E-state index in [2.05, 4.69) is 96.0 Å². The molecule has 9 heteroatoms. The third-order valence-electron chi connectivity index (χ3n) is 6.57. The predicted molar refractivity (Wildman–Crippen MR) is 165 cm³/mol. The Balaban J connectivity index is -0.0000000923. The largest absolute Gasteiger partial charge is 0.387 e. The molecule has 0 heterocycles. The second-order valence-electron chi connectivity index (χ2n) is 11.3. The summed E-state index contributed by atoms with van der Waals surface area (Å²) in [5.41, 5.74) is 0. The summed E-state index contributed by atoms with van der Waals surface area (Å²) in [5, 5.41) is 0. The van der Waals surface area contributed by atoms with E-state index in [4.69, 9.17) is 15.5 Å². The van der Waals surface area contributed by atoms with Gasteiger partial charge in [0, 0.05) is 106 Å². The first-order chi connectivity index (χ1) is 15.4. The second-order valence-corrected chi connectivity index (χ2v) is 11.3. The average molecular weight is 714 g/mol. The quantitative estimate of drug-likeness (QED) is 0.112. The Morgan fingerprint density at radius 3 is 1.58 bits per heavy atom. The van der Waals surface area contributed by atoms with Crippen LogP contribution in [0.4, 0.5) is 0 Å². The molecular weight excluding hydrogens is 656 g/mol. The molecule has 0 bridgehead atoms. The van der Waals surface area contributed by atoms with Crippen molar-refractivity contribution in [3.8, 4) is 0 Å². The van der Waals surface area contributed by atoms with E-state index in [-0.39, 0.29) is 98.1 Å². The molecule has 0 nitrogen and oxygen atoms in total. The third-order valence-corrected chi connectivity index (χ3v) is 6.57. The molecule has 0 fully saturated rings. The molecule has 0 aromatic heterocycles. The predicted octanol–water partition coefficient (Wildman–Crippen LogP) is 8.31. The zero-order valence-corrected chi connectivity index (χ0v) is 35.3. The Hall–Kier alpha value is 3.70. The van der Waals surface area contributed by atoms with Crippen molar-refractivity contribution in [1.29, 1.82) is 0 Å². The van der Waals surface area contributed by atoms with Crippen LogP contribution >= 0.6 is 0 Å². The van der Waals surface area contributed by atoms with Crippen molar-refractivity contribution in [1.82, 2.24) is 0 Å². The van der Waals surface area contributed by atoms with E-state index in [9.17, 15) is 0 Å². The van der Waals surface area contributed by atoms with Gasteiger partial charge >= 0.3 is 0 Å². The van der Waals surface area contributed by atoms with Crippen LogP contribution in [0, 0.1) is 36.3 Å². The summed E-state index contributed by atoms with van der Waals surface area (Å²) in [4.78, 5) is 0. The van der Waals surface area contributed by atoms with Crippen LogP contribution in [0.2, 0.25) is 24.8 Å². The van der Waals surface area contributed by atoms with E-state index in [1.807, 2.05) is 6.92 Å². The van der Waals surface area contributed by atoms with Gasteiger partial charge in [-0.05, 0) is 44.3 Å². The molecule has 0 N–H and O–H groups in total. The van der Waals surface area contributed by atoms with Crippen molar-refractivity contribution >= 4 is 43.0 Å².